The van der Waals surface area contributed by atoms with Crippen LogP contribution in [0.2, 0.25) is 0 Å². The van der Waals surface area contributed by atoms with Crippen molar-refractivity contribution < 1.29 is 18.3 Å². The molecule has 0 aliphatic heterocycles. The van der Waals surface area contributed by atoms with Gasteiger partial charge in [-0.25, -0.2) is 13.2 Å². The van der Waals surface area contributed by atoms with Gasteiger partial charge in [0.15, 0.2) is 0 Å². The van der Waals surface area contributed by atoms with Gasteiger partial charge in [0.2, 0.25) is 10.0 Å². The average Bonchev–Trinajstić information content (AvgIpc) is 3.03. The van der Waals surface area contributed by atoms with Crippen LogP contribution in [0.4, 0.5) is 5.69 Å². The molecule has 1 fully saturated rings. The van der Waals surface area contributed by atoms with Crippen LogP contribution in [0, 0.1) is 9.49 Å². The molecule has 2 rings (SSSR count). The van der Waals surface area contributed by atoms with E-state index in [9.17, 15) is 13.2 Å². The molecule has 18 heavy (non-hydrogen) atoms. The first-order chi connectivity index (χ1) is 8.37. The summed E-state index contributed by atoms with van der Waals surface area (Å²) in [5.41, 5.74) is 0.102. The lowest BCUT2D eigenvalue weighted by molar-refractivity contribution is 0.0698. The number of rotatable bonds is 5. The van der Waals surface area contributed by atoms with Crippen molar-refractivity contribution in [3.8, 4) is 0 Å². The highest BCUT2D eigenvalue weighted by Crippen LogP contribution is 2.31. The van der Waals surface area contributed by atoms with Crippen LogP contribution in [-0.2, 0) is 10.0 Å². The first kappa shape index (κ1) is 13.6. The Morgan fingerprint density at radius 3 is 2.67 bits per heavy atom. The summed E-state index contributed by atoms with van der Waals surface area (Å²) in [6.07, 6.45) is 1.86. The van der Waals surface area contributed by atoms with Crippen LogP contribution in [0.5, 0.6) is 0 Å². The predicted molar refractivity (Wildman–Crippen MR) is 76.3 cm³/mol. The largest absolute Gasteiger partial charge is 0.478 e. The van der Waals surface area contributed by atoms with Gasteiger partial charge in [-0.05, 0) is 59.5 Å². The Kier molecular flexibility index (Phi) is 3.81. The number of halogens is 1. The van der Waals surface area contributed by atoms with Gasteiger partial charge in [-0.2, -0.15) is 0 Å². The van der Waals surface area contributed by atoms with E-state index in [1.165, 1.54) is 12.1 Å². The molecule has 98 valence electrons. The second-order valence-corrected chi connectivity index (χ2v) is 7.33. The summed E-state index contributed by atoms with van der Waals surface area (Å²) in [6.45, 7) is 0. The normalized spacial score (nSPS) is 15.4. The molecule has 0 heterocycles. The Balaban J connectivity index is 2.25. The van der Waals surface area contributed by atoms with Crippen molar-refractivity contribution in [2.24, 2.45) is 5.92 Å². The van der Waals surface area contributed by atoms with Gasteiger partial charge < -0.3 is 5.11 Å². The summed E-state index contributed by atoms with van der Waals surface area (Å²) in [7, 11) is -3.46. The van der Waals surface area contributed by atoms with Crippen LogP contribution in [0.25, 0.3) is 0 Å². The number of benzene rings is 1. The third kappa shape index (κ3) is 3.58. The van der Waals surface area contributed by atoms with Crippen LogP contribution in [0.3, 0.4) is 0 Å². The Labute approximate surface area is 119 Å². The highest BCUT2D eigenvalue weighted by Gasteiger charge is 2.28. The zero-order valence-electron chi connectivity index (χ0n) is 9.39. The number of aromatic carboxylic acids is 1. The van der Waals surface area contributed by atoms with Gasteiger partial charge in [-0.1, -0.05) is 0 Å². The number of hydrogen-bond acceptors (Lipinski definition) is 3. The van der Waals surface area contributed by atoms with Crippen LogP contribution in [-0.4, -0.2) is 25.2 Å². The molecule has 1 aromatic carbocycles. The Morgan fingerprint density at radius 2 is 2.11 bits per heavy atom. The number of hydrogen-bond donors (Lipinski definition) is 2. The number of anilines is 1. The van der Waals surface area contributed by atoms with Gasteiger partial charge in [0.1, 0.15) is 0 Å². The van der Waals surface area contributed by atoms with Gasteiger partial charge in [0.25, 0.3) is 0 Å². The molecule has 0 atom stereocenters. The van der Waals surface area contributed by atoms with Gasteiger partial charge >= 0.3 is 5.97 Å². The molecule has 0 bridgehead atoms. The maximum atomic E-state index is 11.8. The van der Waals surface area contributed by atoms with E-state index in [0.29, 0.717) is 0 Å². The Bertz CT molecular complexity index is 581. The van der Waals surface area contributed by atoms with Gasteiger partial charge in [0.05, 0.1) is 17.0 Å². The standard InChI is InChI=1S/C11H12INO4S/c12-8-3-4-10(9(5-8)11(14)15)13-18(16,17)6-7-1-2-7/h3-5,7,13H,1-2,6H2,(H,14,15). The molecular formula is C11H12INO4S. The third-order valence-electron chi connectivity index (χ3n) is 2.63. The molecule has 2 N–H and O–H groups in total. The molecule has 1 aliphatic rings. The molecule has 1 aromatic rings. The van der Waals surface area contributed by atoms with Crippen molar-refractivity contribution >= 4 is 44.3 Å². The van der Waals surface area contributed by atoms with Crippen molar-refractivity contribution in [1.29, 1.82) is 0 Å². The summed E-state index contributed by atoms with van der Waals surface area (Å²) < 4.78 is 26.7. The first-order valence-corrected chi connectivity index (χ1v) is 8.14. The summed E-state index contributed by atoms with van der Waals surface area (Å²) >= 11 is 1.98. The fourth-order valence-corrected chi connectivity index (χ4v) is 3.63. The Hall–Kier alpha value is -0.830. The lowest BCUT2D eigenvalue weighted by atomic mass is 10.2. The minimum absolute atomic E-state index is 0.0266. The summed E-state index contributed by atoms with van der Waals surface area (Å²) in [5, 5.41) is 9.04. The molecule has 0 saturated heterocycles. The van der Waals surface area contributed by atoms with Crippen LogP contribution in [0.1, 0.15) is 23.2 Å². The number of carboxylic acid groups (broad SMARTS) is 1. The quantitative estimate of drug-likeness (QED) is 0.766. The summed E-state index contributed by atoms with van der Waals surface area (Å²) in [6, 6.07) is 4.59. The maximum Gasteiger partial charge on any atom is 0.337 e. The molecule has 0 radical (unpaired) electrons. The zero-order chi connectivity index (χ0) is 13.3. The van der Waals surface area contributed by atoms with Gasteiger partial charge in [-0.3, -0.25) is 4.72 Å². The predicted octanol–water partition coefficient (Wildman–Crippen LogP) is 2.14. The average molecular weight is 381 g/mol. The highest BCUT2D eigenvalue weighted by molar-refractivity contribution is 14.1. The zero-order valence-corrected chi connectivity index (χ0v) is 12.4. The molecule has 5 nitrogen and oxygen atoms in total. The van der Waals surface area contributed by atoms with E-state index in [1.54, 1.807) is 6.07 Å². The van der Waals surface area contributed by atoms with Crippen molar-refractivity contribution in [3.05, 3.63) is 27.3 Å². The maximum absolute atomic E-state index is 11.8. The minimum atomic E-state index is -3.46. The lowest BCUT2D eigenvalue weighted by Crippen LogP contribution is -2.19. The van der Waals surface area contributed by atoms with Crippen molar-refractivity contribution in [1.82, 2.24) is 0 Å². The van der Waals surface area contributed by atoms with E-state index >= 15 is 0 Å². The molecule has 1 saturated carbocycles. The first-order valence-electron chi connectivity index (χ1n) is 5.41. The molecular weight excluding hydrogens is 369 g/mol. The third-order valence-corrected chi connectivity index (χ3v) is 4.74. The number of carbonyl (C=O) groups is 1. The minimum Gasteiger partial charge on any atom is -0.478 e. The number of sulfonamides is 1. The van der Waals surface area contributed by atoms with Gasteiger partial charge in [-0.15, -0.1) is 0 Å². The summed E-state index contributed by atoms with van der Waals surface area (Å²) in [5.74, 6) is -0.852. The molecule has 0 aromatic heterocycles. The van der Waals surface area contributed by atoms with Crippen molar-refractivity contribution in [2.75, 3.05) is 10.5 Å². The van der Waals surface area contributed by atoms with Crippen LogP contribution in [0.15, 0.2) is 18.2 Å². The number of nitrogens with one attached hydrogen (secondary N) is 1. The smallest absolute Gasteiger partial charge is 0.337 e. The molecule has 0 amide bonds. The van der Waals surface area contributed by atoms with E-state index in [2.05, 4.69) is 4.72 Å². The fraction of sp³-hybridized carbons (Fsp3) is 0.364. The highest BCUT2D eigenvalue weighted by atomic mass is 127. The lowest BCUT2D eigenvalue weighted by Gasteiger charge is -2.10. The van der Waals surface area contributed by atoms with E-state index < -0.39 is 16.0 Å². The van der Waals surface area contributed by atoms with Crippen LogP contribution < -0.4 is 4.72 Å². The van der Waals surface area contributed by atoms with E-state index in [4.69, 9.17) is 5.11 Å². The molecule has 0 unspecified atom stereocenters. The second kappa shape index (κ2) is 5.04. The van der Waals surface area contributed by atoms with E-state index in [-0.39, 0.29) is 22.9 Å². The van der Waals surface area contributed by atoms with Crippen molar-refractivity contribution in [3.63, 3.8) is 0 Å². The SMILES string of the molecule is O=C(O)c1cc(I)ccc1NS(=O)(=O)CC1CC1. The fourth-order valence-electron chi connectivity index (χ4n) is 1.59. The molecule has 1 aliphatic carbocycles. The second-order valence-electron chi connectivity index (χ2n) is 4.32. The molecule has 7 heteroatoms. The summed E-state index contributed by atoms with van der Waals surface area (Å²) in [4.78, 5) is 11.1. The monoisotopic (exact) mass is 381 g/mol. The van der Waals surface area contributed by atoms with E-state index in [0.717, 1.165) is 16.4 Å². The number of carboxylic acids is 1. The van der Waals surface area contributed by atoms with Crippen LogP contribution >= 0.6 is 22.6 Å². The molecule has 0 spiro atoms. The van der Waals surface area contributed by atoms with E-state index in [1.807, 2.05) is 22.6 Å². The van der Waals surface area contributed by atoms with Crippen molar-refractivity contribution in [2.45, 2.75) is 12.8 Å². The Morgan fingerprint density at radius 1 is 1.44 bits per heavy atom. The van der Waals surface area contributed by atoms with Gasteiger partial charge in [0, 0.05) is 3.57 Å². The topological polar surface area (TPSA) is 83.5 Å².